The molecule has 0 radical (unpaired) electrons. The SMILES string of the molecule is CCC(C(=O)Nc1cc(OC)c(Cl)cc1OC)N(c1ccc(F)cc1)S(C)(=O)=O. The van der Waals surface area contributed by atoms with Crippen molar-refractivity contribution in [2.75, 3.05) is 30.1 Å². The number of amides is 1. The van der Waals surface area contributed by atoms with Crippen molar-refractivity contribution in [1.82, 2.24) is 0 Å². The Balaban J connectivity index is 2.44. The first-order valence-corrected chi connectivity index (χ1v) is 10.8. The molecule has 2 aromatic carbocycles. The molecule has 2 rings (SSSR count). The third-order valence-corrected chi connectivity index (χ3v) is 5.62. The third kappa shape index (κ3) is 5.30. The van der Waals surface area contributed by atoms with Crippen LogP contribution < -0.4 is 19.1 Å². The first-order valence-electron chi connectivity index (χ1n) is 8.59. The summed E-state index contributed by atoms with van der Waals surface area (Å²) >= 11 is 6.07. The van der Waals surface area contributed by atoms with E-state index in [4.69, 9.17) is 21.1 Å². The van der Waals surface area contributed by atoms with E-state index in [9.17, 15) is 17.6 Å². The molecule has 0 saturated carbocycles. The second kappa shape index (κ2) is 9.32. The molecule has 0 spiro atoms. The molecule has 29 heavy (non-hydrogen) atoms. The van der Waals surface area contributed by atoms with Crippen LogP contribution in [0.15, 0.2) is 36.4 Å². The highest BCUT2D eigenvalue weighted by Gasteiger charge is 2.32. The normalized spacial score (nSPS) is 12.2. The predicted molar refractivity (Wildman–Crippen MR) is 111 cm³/mol. The topological polar surface area (TPSA) is 84.9 Å². The predicted octanol–water partition coefficient (Wildman–Crippen LogP) is 3.68. The second-order valence-electron chi connectivity index (χ2n) is 6.14. The van der Waals surface area contributed by atoms with Crippen molar-refractivity contribution in [1.29, 1.82) is 0 Å². The van der Waals surface area contributed by atoms with E-state index >= 15 is 0 Å². The molecular weight excluding hydrogens is 423 g/mol. The largest absolute Gasteiger partial charge is 0.495 e. The zero-order chi connectivity index (χ0) is 21.8. The van der Waals surface area contributed by atoms with E-state index in [1.807, 2.05) is 0 Å². The van der Waals surface area contributed by atoms with Crippen LogP contribution in [0.5, 0.6) is 11.5 Å². The fraction of sp³-hybridized carbons (Fsp3) is 0.316. The highest BCUT2D eigenvalue weighted by atomic mass is 35.5. The number of carbonyl (C=O) groups is 1. The number of sulfonamides is 1. The first kappa shape index (κ1) is 22.8. The number of nitrogens with zero attached hydrogens (tertiary/aromatic N) is 1. The lowest BCUT2D eigenvalue weighted by Crippen LogP contribution is -2.47. The minimum atomic E-state index is -3.84. The summed E-state index contributed by atoms with van der Waals surface area (Å²) in [5.41, 5.74) is 0.446. The Kier molecular flexibility index (Phi) is 7.32. The summed E-state index contributed by atoms with van der Waals surface area (Å²) < 4.78 is 49.5. The van der Waals surface area contributed by atoms with Crippen LogP contribution in [0.1, 0.15) is 13.3 Å². The van der Waals surface area contributed by atoms with Crippen molar-refractivity contribution in [3.63, 3.8) is 0 Å². The highest BCUT2D eigenvalue weighted by Crippen LogP contribution is 2.36. The van der Waals surface area contributed by atoms with Gasteiger partial charge in [-0.2, -0.15) is 0 Å². The summed E-state index contributed by atoms with van der Waals surface area (Å²) in [5.74, 6) is -0.511. The van der Waals surface area contributed by atoms with E-state index in [-0.39, 0.29) is 23.5 Å². The van der Waals surface area contributed by atoms with Gasteiger partial charge in [0.1, 0.15) is 23.4 Å². The lowest BCUT2D eigenvalue weighted by atomic mass is 10.1. The molecule has 0 bridgehead atoms. The van der Waals surface area contributed by atoms with Crippen LogP contribution >= 0.6 is 11.6 Å². The molecule has 158 valence electrons. The van der Waals surface area contributed by atoms with Crippen molar-refractivity contribution in [3.8, 4) is 11.5 Å². The molecule has 0 aromatic heterocycles. The van der Waals surface area contributed by atoms with Crippen LogP contribution in [0.2, 0.25) is 5.02 Å². The number of nitrogens with one attached hydrogen (secondary N) is 1. The van der Waals surface area contributed by atoms with E-state index in [2.05, 4.69) is 5.32 Å². The van der Waals surface area contributed by atoms with Crippen LogP contribution in [0.4, 0.5) is 15.8 Å². The van der Waals surface area contributed by atoms with Crippen molar-refractivity contribution in [2.45, 2.75) is 19.4 Å². The number of rotatable bonds is 8. The summed E-state index contributed by atoms with van der Waals surface area (Å²) in [6, 6.07) is 6.74. The first-order chi connectivity index (χ1) is 13.6. The Morgan fingerprint density at radius 1 is 1.17 bits per heavy atom. The number of anilines is 2. The highest BCUT2D eigenvalue weighted by molar-refractivity contribution is 7.92. The number of ether oxygens (including phenoxy) is 2. The number of carbonyl (C=O) groups excluding carboxylic acids is 1. The summed E-state index contributed by atoms with van der Waals surface area (Å²) in [7, 11) is -1.01. The maximum Gasteiger partial charge on any atom is 0.248 e. The molecule has 0 aliphatic rings. The Morgan fingerprint density at radius 3 is 2.24 bits per heavy atom. The van der Waals surface area contributed by atoms with Crippen LogP contribution in [-0.4, -0.2) is 40.8 Å². The molecule has 1 unspecified atom stereocenters. The van der Waals surface area contributed by atoms with Gasteiger partial charge in [0, 0.05) is 12.1 Å². The fourth-order valence-corrected chi connectivity index (χ4v) is 4.26. The number of halogens is 2. The van der Waals surface area contributed by atoms with Crippen molar-refractivity contribution in [2.24, 2.45) is 0 Å². The Labute approximate surface area is 174 Å². The van der Waals surface area contributed by atoms with E-state index in [0.717, 1.165) is 22.7 Å². The molecule has 7 nitrogen and oxygen atoms in total. The van der Waals surface area contributed by atoms with Gasteiger partial charge in [0.05, 0.1) is 36.9 Å². The average Bonchev–Trinajstić information content (AvgIpc) is 2.66. The molecule has 10 heteroatoms. The van der Waals surface area contributed by atoms with Gasteiger partial charge in [0.25, 0.3) is 0 Å². The summed E-state index contributed by atoms with van der Waals surface area (Å²) in [5, 5.41) is 2.96. The number of hydrogen-bond acceptors (Lipinski definition) is 5. The quantitative estimate of drug-likeness (QED) is 0.671. The molecule has 0 aliphatic carbocycles. The van der Waals surface area contributed by atoms with E-state index < -0.39 is 27.8 Å². The zero-order valence-electron chi connectivity index (χ0n) is 16.4. The van der Waals surface area contributed by atoms with Crippen LogP contribution in [0.25, 0.3) is 0 Å². The summed E-state index contributed by atoms with van der Waals surface area (Å²) in [6.07, 6.45) is 1.15. The molecule has 2 aromatic rings. The van der Waals surface area contributed by atoms with Crippen molar-refractivity contribution in [3.05, 3.63) is 47.2 Å². The number of methoxy groups -OCH3 is 2. The monoisotopic (exact) mass is 444 g/mol. The second-order valence-corrected chi connectivity index (χ2v) is 8.40. The smallest absolute Gasteiger partial charge is 0.248 e. The van der Waals surface area contributed by atoms with Gasteiger partial charge in [-0.15, -0.1) is 0 Å². The molecule has 1 N–H and O–H groups in total. The number of hydrogen-bond donors (Lipinski definition) is 1. The fourth-order valence-electron chi connectivity index (χ4n) is 2.82. The van der Waals surface area contributed by atoms with Gasteiger partial charge in [-0.05, 0) is 30.7 Å². The van der Waals surface area contributed by atoms with Gasteiger partial charge in [-0.3, -0.25) is 9.10 Å². The van der Waals surface area contributed by atoms with Crippen LogP contribution in [-0.2, 0) is 14.8 Å². The van der Waals surface area contributed by atoms with Crippen molar-refractivity contribution >= 4 is 38.9 Å². The minimum Gasteiger partial charge on any atom is -0.495 e. The van der Waals surface area contributed by atoms with Gasteiger partial charge in [-0.25, -0.2) is 12.8 Å². The number of benzene rings is 2. The molecule has 1 atom stereocenters. The summed E-state index contributed by atoms with van der Waals surface area (Å²) in [4.78, 5) is 13.0. The molecular formula is C19H22ClFN2O5S. The standard InChI is InChI=1S/C19H22ClFN2O5S/c1-5-16(23(29(4,25)26)13-8-6-12(21)7-9-13)19(24)22-15-11-17(27-2)14(20)10-18(15)28-3/h6-11,16H,5H2,1-4H3,(H,22,24). The van der Waals surface area contributed by atoms with Crippen LogP contribution in [0, 0.1) is 5.82 Å². The van der Waals surface area contributed by atoms with E-state index in [1.54, 1.807) is 6.92 Å². The van der Waals surface area contributed by atoms with Crippen LogP contribution in [0.3, 0.4) is 0 Å². The molecule has 1 amide bonds. The van der Waals surface area contributed by atoms with E-state index in [1.165, 1.54) is 38.5 Å². The maximum absolute atomic E-state index is 13.3. The Hall–Kier alpha value is -2.52. The molecule has 0 heterocycles. The van der Waals surface area contributed by atoms with Gasteiger partial charge in [-0.1, -0.05) is 18.5 Å². The maximum atomic E-state index is 13.3. The zero-order valence-corrected chi connectivity index (χ0v) is 18.0. The Bertz CT molecular complexity index is 983. The van der Waals surface area contributed by atoms with Gasteiger partial charge >= 0.3 is 0 Å². The van der Waals surface area contributed by atoms with Gasteiger partial charge in [0.15, 0.2) is 0 Å². The van der Waals surface area contributed by atoms with Crippen molar-refractivity contribution < 1.29 is 27.1 Å². The average molecular weight is 445 g/mol. The summed E-state index contributed by atoms with van der Waals surface area (Å²) in [6.45, 7) is 1.67. The third-order valence-electron chi connectivity index (χ3n) is 4.14. The minimum absolute atomic E-state index is 0.170. The molecule has 0 fully saturated rings. The lowest BCUT2D eigenvalue weighted by Gasteiger charge is -2.30. The van der Waals surface area contributed by atoms with Gasteiger partial charge in [0.2, 0.25) is 15.9 Å². The molecule has 0 saturated heterocycles. The van der Waals surface area contributed by atoms with E-state index in [0.29, 0.717) is 10.8 Å². The van der Waals surface area contributed by atoms with Gasteiger partial charge < -0.3 is 14.8 Å². The Morgan fingerprint density at radius 2 is 1.76 bits per heavy atom. The lowest BCUT2D eigenvalue weighted by molar-refractivity contribution is -0.117. The molecule has 0 aliphatic heterocycles.